The Morgan fingerprint density at radius 1 is 1.00 bits per heavy atom. The quantitative estimate of drug-likeness (QED) is 0.314. The van der Waals surface area contributed by atoms with Gasteiger partial charge in [-0.15, -0.1) is 11.3 Å². The van der Waals surface area contributed by atoms with E-state index in [0.29, 0.717) is 36.8 Å². The number of phenolic OH excluding ortho intramolecular Hbond substituents is 1. The number of fused-ring (bicyclic) bond motifs is 6. The molecule has 0 saturated carbocycles. The van der Waals surface area contributed by atoms with Crippen LogP contribution in [0.2, 0.25) is 0 Å². The Morgan fingerprint density at radius 3 is 2.62 bits per heavy atom. The van der Waals surface area contributed by atoms with Crippen molar-refractivity contribution in [3.8, 4) is 22.2 Å². The van der Waals surface area contributed by atoms with Crippen molar-refractivity contribution >= 4 is 38.1 Å². The van der Waals surface area contributed by atoms with Gasteiger partial charge in [0.1, 0.15) is 5.75 Å². The first kappa shape index (κ1) is 24.8. The zero-order valence-corrected chi connectivity index (χ0v) is 23.4. The summed E-state index contributed by atoms with van der Waals surface area (Å²) in [6.07, 6.45) is 5.87. The molecule has 2 N–H and O–H groups in total. The van der Waals surface area contributed by atoms with Crippen molar-refractivity contribution in [3.05, 3.63) is 42.5 Å². The second-order valence-corrected chi connectivity index (χ2v) is 12.8. The molecule has 4 saturated heterocycles. The third-order valence-electron chi connectivity index (χ3n) is 9.14. The summed E-state index contributed by atoms with van der Waals surface area (Å²) < 4.78 is 13.1. The molecule has 6 heterocycles. The third kappa shape index (κ3) is 4.49. The topological polar surface area (TPSA) is 83.0 Å². The number of phenols is 1. The number of aromatic hydroxyl groups is 1. The fourth-order valence-corrected chi connectivity index (χ4v) is 8.41. The molecule has 4 atom stereocenters. The Labute approximate surface area is 237 Å². The molecule has 4 unspecified atom stereocenters. The van der Waals surface area contributed by atoms with E-state index in [9.17, 15) is 5.11 Å². The average Bonchev–Trinajstić information content (AvgIpc) is 3.61. The molecule has 4 aliphatic heterocycles. The van der Waals surface area contributed by atoms with Gasteiger partial charge in [0.2, 0.25) is 0 Å². The van der Waals surface area contributed by atoms with E-state index in [1.54, 1.807) is 11.3 Å². The normalized spacial score (nSPS) is 26.2. The van der Waals surface area contributed by atoms with Gasteiger partial charge in [-0.05, 0) is 61.1 Å². The summed E-state index contributed by atoms with van der Waals surface area (Å²) in [5.41, 5.74) is 1.93. The predicted octanol–water partition coefficient (Wildman–Crippen LogP) is 4.79. The van der Waals surface area contributed by atoms with Crippen molar-refractivity contribution in [2.24, 2.45) is 0 Å². The van der Waals surface area contributed by atoms with Crippen molar-refractivity contribution in [2.45, 2.75) is 56.3 Å². The van der Waals surface area contributed by atoms with Gasteiger partial charge in [-0.3, -0.25) is 4.90 Å². The highest BCUT2D eigenvalue weighted by Gasteiger charge is 2.37. The van der Waals surface area contributed by atoms with Crippen molar-refractivity contribution in [2.75, 3.05) is 44.4 Å². The number of hydrogen-bond acceptors (Lipinski definition) is 9. The highest BCUT2D eigenvalue weighted by Crippen LogP contribution is 2.42. The van der Waals surface area contributed by atoms with Gasteiger partial charge in [-0.2, -0.15) is 9.97 Å². The summed E-state index contributed by atoms with van der Waals surface area (Å²) in [7, 11) is 0. The number of hydrogen-bond donors (Lipinski definition) is 2. The lowest BCUT2D eigenvalue weighted by Crippen LogP contribution is -2.51. The zero-order chi connectivity index (χ0) is 26.6. The van der Waals surface area contributed by atoms with E-state index in [1.807, 2.05) is 30.3 Å². The molecule has 208 valence electrons. The molecule has 4 bridgehead atoms. The molecular formula is C31H35N5O3S. The minimum Gasteiger partial charge on any atom is -0.508 e. The van der Waals surface area contributed by atoms with Gasteiger partial charge in [0.25, 0.3) is 0 Å². The summed E-state index contributed by atoms with van der Waals surface area (Å²) in [6, 6.07) is 16.6. The zero-order valence-electron chi connectivity index (χ0n) is 22.6. The number of anilines is 1. The molecule has 8 nitrogen and oxygen atoms in total. The van der Waals surface area contributed by atoms with Gasteiger partial charge < -0.3 is 24.8 Å². The predicted molar refractivity (Wildman–Crippen MR) is 159 cm³/mol. The second kappa shape index (κ2) is 10.1. The highest BCUT2D eigenvalue weighted by atomic mass is 32.1. The molecule has 0 radical (unpaired) electrons. The van der Waals surface area contributed by atoms with E-state index in [1.165, 1.54) is 25.7 Å². The Kier molecular flexibility index (Phi) is 6.28. The van der Waals surface area contributed by atoms with Crippen LogP contribution in [0.25, 0.3) is 31.4 Å². The lowest BCUT2D eigenvalue weighted by atomic mass is 10.0. The maximum Gasteiger partial charge on any atom is 0.319 e. The van der Waals surface area contributed by atoms with E-state index in [-0.39, 0.29) is 5.75 Å². The van der Waals surface area contributed by atoms with E-state index in [4.69, 9.17) is 19.4 Å². The second-order valence-electron chi connectivity index (χ2n) is 11.8. The molecule has 0 aliphatic carbocycles. The summed E-state index contributed by atoms with van der Waals surface area (Å²) in [6.45, 7) is 5.25. The van der Waals surface area contributed by atoms with Crippen LogP contribution >= 0.6 is 11.3 Å². The molecule has 4 fully saturated rings. The number of piperazine rings is 1. The fraction of sp³-hybridized carbons (Fsp3) is 0.484. The molecule has 0 spiro atoms. The standard InChI is InChI=1S/C31H35N5O3S/c37-24-12-19-4-1-2-5-25(19)26(13-24)28-14-27-29(40-28)30(35-15-20-6-7-21(16-35)32-20)34-31(33-27)39-11-3-10-36-22-8-9-23(36)18-38-17-22/h1-2,4-5,12-14,20-23,32,37H,3,6-11,15-18H2. The average molecular weight is 558 g/mol. The van der Waals surface area contributed by atoms with Gasteiger partial charge in [0, 0.05) is 54.2 Å². The van der Waals surface area contributed by atoms with Crippen molar-refractivity contribution < 1.29 is 14.6 Å². The van der Waals surface area contributed by atoms with Gasteiger partial charge in [-0.1, -0.05) is 24.3 Å². The van der Waals surface area contributed by atoms with Crippen LogP contribution < -0.4 is 15.0 Å². The molecule has 0 amide bonds. The van der Waals surface area contributed by atoms with Crippen LogP contribution in [0.3, 0.4) is 0 Å². The Balaban J connectivity index is 1.11. The van der Waals surface area contributed by atoms with E-state index in [0.717, 1.165) is 76.5 Å². The van der Waals surface area contributed by atoms with Crippen LogP contribution in [0, 0.1) is 0 Å². The molecule has 2 aromatic heterocycles. The minimum atomic E-state index is 0.272. The third-order valence-corrected chi connectivity index (χ3v) is 10.3. The van der Waals surface area contributed by atoms with E-state index in [2.05, 4.69) is 27.2 Å². The summed E-state index contributed by atoms with van der Waals surface area (Å²) in [5, 5.41) is 16.4. The van der Waals surface area contributed by atoms with Gasteiger partial charge >= 0.3 is 6.01 Å². The SMILES string of the molecule is Oc1cc(-c2cc3nc(OCCCN4C5CCC4COC5)nc(N4CC5CCC(C4)N5)c3s2)c2ccccc2c1. The van der Waals surface area contributed by atoms with Gasteiger partial charge in [0.15, 0.2) is 5.82 Å². The van der Waals surface area contributed by atoms with Crippen molar-refractivity contribution in [3.63, 3.8) is 0 Å². The first-order valence-corrected chi connectivity index (χ1v) is 15.5. The van der Waals surface area contributed by atoms with Crippen molar-refractivity contribution in [1.29, 1.82) is 0 Å². The number of morpholine rings is 1. The largest absolute Gasteiger partial charge is 0.508 e. The Bertz CT molecular complexity index is 1530. The lowest BCUT2D eigenvalue weighted by molar-refractivity contribution is -0.0161. The monoisotopic (exact) mass is 557 g/mol. The Morgan fingerprint density at radius 2 is 1.80 bits per heavy atom. The molecule has 9 heteroatoms. The van der Waals surface area contributed by atoms with E-state index >= 15 is 0 Å². The first-order chi connectivity index (χ1) is 19.7. The number of aromatic nitrogens is 2. The van der Waals surface area contributed by atoms with Crippen LogP contribution in [0.15, 0.2) is 42.5 Å². The fourth-order valence-electron chi connectivity index (χ4n) is 7.26. The number of rotatable bonds is 7. The lowest BCUT2D eigenvalue weighted by Gasteiger charge is -2.34. The summed E-state index contributed by atoms with van der Waals surface area (Å²) in [4.78, 5) is 16.1. The van der Waals surface area contributed by atoms with Crippen molar-refractivity contribution in [1.82, 2.24) is 20.2 Å². The number of thiophene rings is 1. The molecule has 2 aromatic carbocycles. The number of nitrogens with zero attached hydrogens (tertiary/aromatic N) is 4. The Hall–Kier alpha value is -2.98. The molecule has 4 aliphatic rings. The summed E-state index contributed by atoms with van der Waals surface area (Å²) in [5.74, 6) is 1.25. The number of nitrogens with one attached hydrogen (secondary N) is 1. The van der Waals surface area contributed by atoms with Crippen LogP contribution in [0.5, 0.6) is 11.8 Å². The maximum atomic E-state index is 10.5. The van der Waals surface area contributed by atoms with Gasteiger partial charge in [0.05, 0.1) is 30.0 Å². The van der Waals surface area contributed by atoms with Gasteiger partial charge in [-0.25, -0.2) is 0 Å². The highest BCUT2D eigenvalue weighted by molar-refractivity contribution is 7.22. The molecule has 8 rings (SSSR count). The molecule has 40 heavy (non-hydrogen) atoms. The molecule has 4 aromatic rings. The van der Waals surface area contributed by atoms with Crippen LogP contribution in [-0.2, 0) is 4.74 Å². The first-order valence-electron chi connectivity index (χ1n) is 14.7. The number of ether oxygens (including phenoxy) is 2. The number of benzene rings is 2. The van der Waals surface area contributed by atoms with Crippen LogP contribution in [-0.4, -0.2) is 83.6 Å². The smallest absolute Gasteiger partial charge is 0.319 e. The molecular weight excluding hydrogens is 522 g/mol. The van der Waals surface area contributed by atoms with Crippen LogP contribution in [0.4, 0.5) is 5.82 Å². The minimum absolute atomic E-state index is 0.272. The maximum absolute atomic E-state index is 10.5. The van der Waals surface area contributed by atoms with E-state index < -0.39 is 0 Å². The van der Waals surface area contributed by atoms with Crippen LogP contribution in [0.1, 0.15) is 32.1 Å². The summed E-state index contributed by atoms with van der Waals surface area (Å²) >= 11 is 1.71.